The number of rotatable bonds is 5. The fourth-order valence-corrected chi connectivity index (χ4v) is 3.92. The zero-order chi connectivity index (χ0) is 23.4. The third-order valence-electron chi connectivity index (χ3n) is 5.32. The maximum atomic E-state index is 13.3. The van der Waals surface area contributed by atoms with Gasteiger partial charge in [0.15, 0.2) is 5.11 Å². The molecule has 1 heterocycles. The number of methoxy groups -OCH3 is 1. The minimum Gasteiger partial charge on any atom is -0.497 e. The maximum Gasteiger partial charge on any atom is 0.272 e. The Morgan fingerprint density at radius 1 is 1.12 bits per heavy atom. The summed E-state index contributed by atoms with van der Waals surface area (Å²) in [6.45, 7) is 0.498. The number of ether oxygens (including phenoxy) is 1. The van der Waals surface area contributed by atoms with E-state index >= 15 is 0 Å². The standard InChI is InChI=1S/C25H23ClN4O2S/c1-30-21-13-10-18(26)14-20(21)22(17-6-4-3-5-7-17)28-23(24(30)31)29-25(33)27-15-16-8-11-19(32-2)12-9-16/h3-14,23H,15H2,1-2H3,(H2,27,29,33). The van der Waals surface area contributed by atoms with Crippen LogP contribution in [0.5, 0.6) is 5.75 Å². The Kier molecular flexibility index (Phi) is 6.91. The van der Waals surface area contributed by atoms with Gasteiger partial charge in [-0.25, -0.2) is 4.99 Å². The smallest absolute Gasteiger partial charge is 0.272 e. The summed E-state index contributed by atoms with van der Waals surface area (Å²) in [6, 6.07) is 22.8. The quantitative estimate of drug-likeness (QED) is 0.539. The van der Waals surface area contributed by atoms with E-state index in [0.29, 0.717) is 22.4 Å². The Balaban J connectivity index is 1.59. The van der Waals surface area contributed by atoms with E-state index < -0.39 is 6.17 Å². The number of carbonyl (C=O) groups is 1. The minimum absolute atomic E-state index is 0.224. The van der Waals surface area contributed by atoms with Crippen molar-refractivity contribution in [1.29, 1.82) is 0 Å². The normalized spacial score (nSPS) is 15.2. The number of likely N-dealkylation sites (N-methyl/N-ethyl adjacent to an activating group) is 1. The van der Waals surface area contributed by atoms with Crippen LogP contribution in [0.3, 0.4) is 0 Å². The molecule has 1 amide bonds. The Hall–Kier alpha value is -3.42. The van der Waals surface area contributed by atoms with Crippen LogP contribution in [0, 0.1) is 0 Å². The van der Waals surface area contributed by atoms with E-state index in [-0.39, 0.29) is 5.91 Å². The molecule has 168 valence electrons. The van der Waals surface area contributed by atoms with Gasteiger partial charge in [-0.05, 0) is 48.1 Å². The first-order valence-electron chi connectivity index (χ1n) is 10.3. The van der Waals surface area contributed by atoms with Gasteiger partial charge in [-0.15, -0.1) is 0 Å². The second-order valence-corrected chi connectivity index (χ2v) is 8.32. The van der Waals surface area contributed by atoms with Gasteiger partial charge >= 0.3 is 0 Å². The molecular weight excluding hydrogens is 456 g/mol. The van der Waals surface area contributed by atoms with Crippen molar-refractivity contribution in [1.82, 2.24) is 10.6 Å². The van der Waals surface area contributed by atoms with Gasteiger partial charge in [0.2, 0.25) is 6.17 Å². The van der Waals surface area contributed by atoms with Crippen LogP contribution in [0.2, 0.25) is 5.02 Å². The van der Waals surface area contributed by atoms with Gasteiger partial charge in [0.1, 0.15) is 5.75 Å². The van der Waals surface area contributed by atoms with Gasteiger partial charge in [-0.3, -0.25) is 4.79 Å². The summed E-state index contributed by atoms with van der Waals surface area (Å²) >= 11 is 11.8. The number of benzene rings is 3. The van der Waals surface area contributed by atoms with E-state index in [4.69, 9.17) is 33.5 Å². The summed E-state index contributed by atoms with van der Waals surface area (Å²) in [5.74, 6) is 0.562. The maximum absolute atomic E-state index is 13.3. The average molecular weight is 479 g/mol. The van der Waals surface area contributed by atoms with Gasteiger partial charge in [-0.2, -0.15) is 0 Å². The number of benzodiazepines with no additional fused rings is 1. The molecule has 0 bridgehead atoms. The average Bonchev–Trinajstić information content (AvgIpc) is 2.94. The van der Waals surface area contributed by atoms with Crippen LogP contribution in [0.25, 0.3) is 0 Å². The second-order valence-electron chi connectivity index (χ2n) is 7.48. The number of carbonyl (C=O) groups excluding carboxylic acids is 1. The number of anilines is 1. The van der Waals surface area contributed by atoms with Crippen molar-refractivity contribution in [2.75, 3.05) is 19.1 Å². The first-order valence-corrected chi connectivity index (χ1v) is 11.1. The van der Waals surface area contributed by atoms with E-state index in [1.165, 1.54) is 0 Å². The zero-order valence-electron chi connectivity index (χ0n) is 18.2. The van der Waals surface area contributed by atoms with Crippen molar-refractivity contribution in [3.8, 4) is 5.75 Å². The number of fused-ring (bicyclic) bond motifs is 1. The number of hydrogen-bond acceptors (Lipinski definition) is 4. The lowest BCUT2D eigenvalue weighted by Gasteiger charge is -2.22. The molecule has 0 aromatic heterocycles. The molecule has 1 aliphatic rings. The second kappa shape index (κ2) is 10.0. The number of nitrogens with one attached hydrogen (secondary N) is 2. The first-order chi connectivity index (χ1) is 16.0. The fraction of sp³-hybridized carbons (Fsp3) is 0.160. The summed E-state index contributed by atoms with van der Waals surface area (Å²) in [5, 5.41) is 7.11. The highest BCUT2D eigenvalue weighted by Gasteiger charge is 2.30. The van der Waals surface area contributed by atoms with E-state index in [9.17, 15) is 4.79 Å². The van der Waals surface area contributed by atoms with Gasteiger partial charge < -0.3 is 20.3 Å². The number of amides is 1. The molecule has 2 N–H and O–H groups in total. The molecule has 1 unspecified atom stereocenters. The van der Waals surface area contributed by atoms with Crippen LogP contribution in [-0.2, 0) is 11.3 Å². The molecule has 8 heteroatoms. The molecule has 1 aliphatic heterocycles. The largest absolute Gasteiger partial charge is 0.497 e. The predicted octanol–water partition coefficient (Wildman–Crippen LogP) is 4.15. The van der Waals surface area contributed by atoms with Crippen molar-refractivity contribution < 1.29 is 9.53 Å². The van der Waals surface area contributed by atoms with Crippen molar-refractivity contribution in [3.63, 3.8) is 0 Å². The molecule has 33 heavy (non-hydrogen) atoms. The molecule has 0 saturated heterocycles. The third-order valence-corrected chi connectivity index (χ3v) is 5.82. The lowest BCUT2D eigenvalue weighted by molar-refractivity contribution is -0.119. The topological polar surface area (TPSA) is 66.0 Å². The highest BCUT2D eigenvalue weighted by molar-refractivity contribution is 7.80. The van der Waals surface area contributed by atoms with Gasteiger partial charge in [0.05, 0.1) is 18.5 Å². The van der Waals surface area contributed by atoms with Gasteiger partial charge in [-0.1, -0.05) is 54.1 Å². The third kappa shape index (κ3) is 5.16. The molecule has 3 aromatic rings. The van der Waals surface area contributed by atoms with Gasteiger partial charge in [0, 0.05) is 29.7 Å². The number of nitrogens with zero attached hydrogens (tertiary/aromatic N) is 2. The Morgan fingerprint density at radius 3 is 2.55 bits per heavy atom. The van der Waals surface area contributed by atoms with Crippen molar-refractivity contribution in [2.24, 2.45) is 4.99 Å². The molecule has 0 fully saturated rings. The van der Waals surface area contributed by atoms with Crippen molar-refractivity contribution in [2.45, 2.75) is 12.7 Å². The van der Waals surface area contributed by atoms with Crippen LogP contribution in [0.4, 0.5) is 5.69 Å². The summed E-state index contributed by atoms with van der Waals surface area (Å²) < 4.78 is 5.19. The minimum atomic E-state index is -0.896. The van der Waals surface area contributed by atoms with Crippen LogP contribution >= 0.6 is 23.8 Å². The van der Waals surface area contributed by atoms with Gasteiger partial charge in [0.25, 0.3) is 5.91 Å². The number of halogens is 1. The number of hydrogen-bond donors (Lipinski definition) is 2. The number of thiocarbonyl (C=S) groups is 1. The van der Waals surface area contributed by atoms with Crippen LogP contribution < -0.4 is 20.3 Å². The Bertz CT molecular complexity index is 1200. The molecule has 4 rings (SSSR count). The van der Waals surface area contributed by atoms with E-state index in [1.54, 1.807) is 25.1 Å². The summed E-state index contributed by atoms with van der Waals surface area (Å²) in [6.07, 6.45) is -0.896. The van der Waals surface area contributed by atoms with E-state index in [1.807, 2.05) is 66.7 Å². The van der Waals surface area contributed by atoms with Crippen LogP contribution in [0.1, 0.15) is 16.7 Å². The summed E-state index contributed by atoms with van der Waals surface area (Å²) in [5.41, 5.74) is 4.09. The molecule has 3 aromatic carbocycles. The molecule has 0 saturated carbocycles. The Labute approximate surface area is 203 Å². The Morgan fingerprint density at radius 2 is 1.85 bits per heavy atom. The molecule has 6 nitrogen and oxygen atoms in total. The highest BCUT2D eigenvalue weighted by Crippen LogP contribution is 2.29. The number of aliphatic imine (C=N–C) groups is 1. The molecular formula is C25H23ClN4O2S. The molecule has 1 atom stereocenters. The van der Waals surface area contributed by atoms with E-state index in [2.05, 4.69) is 10.6 Å². The van der Waals surface area contributed by atoms with Crippen molar-refractivity contribution >= 4 is 46.2 Å². The SMILES string of the molecule is COc1ccc(CNC(=S)NC2N=C(c3ccccc3)c3cc(Cl)ccc3N(C)C2=O)cc1. The van der Waals surface area contributed by atoms with E-state index in [0.717, 1.165) is 28.1 Å². The van der Waals surface area contributed by atoms with Crippen LogP contribution in [0.15, 0.2) is 77.8 Å². The monoisotopic (exact) mass is 478 g/mol. The summed E-state index contributed by atoms with van der Waals surface area (Å²) in [7, 11) is 3.35. The van der Waals surface area contributed by atoms with Crippen LogP contribution in [-0.4, -0.2) is 37.1 Å². The highest BCUT2D eigenvalue weighted by atomic mass is 35.5. The first kappa shape index (κ1) is 22.8. The lowest BCUT2D eigenvalue weighted by Crippen LogP contribution is -2.49. The zero-order valence-corrected chi connectivity index (χ0v) is 19.8. The predicted molar refractivity (Wildman–Crippen MR) is 136 cm³/mol. The lowest BCUT2D eigenvalue weighted by atomic mass is 10.0. The molecule has 0 spiro atoms. The molecule has 0 radical (unpaired) electrons. The molecule has 0 aliphatic carbocycles. The summed E-state index contributed by atoms with van der Waals surface area (Å²) in [4.78, 5) is 19.6. The van der Waals surface area contributed by atoms with Crippen molar-refractivity contribution in [3.05, 3.63) is 94.5 Å². The fourth-order valence-electron chi connectivity index (χ4n) is 3.57.